The Morgan fingerprint density at radius 1 is 0.823 bits per heavy atom. The van der Waals surface area contributed by atoms with Gasteiger partial charge in [0.25, 0.3) is 0 Å². The summed E-state index contributed by atoms with van der Waals surface area (Å²) >= 11 is 3.56. The van der Waals surface area contributed by atoms with Crippen LogP contribution in [0.5, 0.6) is 0 Å². The van der Waals surface area contributed by atoms with Crippen molar-refractivity contribution in [1.29, 1.82) is 0 Å². The fourth-order valence-corrected chi connectivity index (χ4v) is 9.23. The first kappa shape index (κ1) is 48.0. The molecule has 0 radical (unpaired) electrons. The van der Waals surface area contributed by atoms with E-state index in [1.807, 2.05) is 18.2 Å². The standard InChI is InChI=1S/C28H39N5O5S.C16H18N4S.CH4.H3N.H2/c1-19-17-20-24(29-21-9-6-7-10-22(21)30-25(20)39-19)33-14-12-32(13-15-33)11-8-16-37-18-23(26(34)36-5)31-27(35)38-28(2,3)4;1-11-10-12-15(20-8-6-17-7-9-20)18-13-4-2-3-5-14(13)19-16(12)21-11;;;/h6-7,9-10,17,23,30H,8,11-16,18H2,1-5H3,(H,31,35);2-5,10,17,19H,6-9H2,1H3;1H4;1H3;1H/i;;;;1+1. The third-order valence-corrected chi connectivity index (χ3v) is 12.2. The SMILES string of the molecule is C.COC(=O)C(COCCCN1CCN(C2=Nc3ccccc3Nc3sc(C)cc32)CC1)NC(=O)OC(C)(C)C.Cc1cc2c(s1)Nc1ccccc1N=C2N1CCNCC1.N.[2HH]. The van der Waals surface area contributed by atoms with Gasteiger partial charge in [0.05, 0.1) is 47.6 Å². The fourth-order valence-electron chi connectivity index (χ4n) is 7.39. The molecule has 0 bridgehead atoms. The molecule has 1 atom stereocenters. The molecule has 17 heteroatoms. The molecule has 2 fully saturated rings. The molecular weight excluding hydrogens is 825 g/mol. The number of piperazine rings is 2. The number of methoxy groups -OCH3 is 1. The van der Waals surface area contributed by atoms with E-state index in [0.29, 0.717) is 6.61 Å². The number of aliphatic imine (C=N–C) groups is 2. The van der Waals surface area contributed by atoms with E-state index in [1.165, 1.54) is 27.4 Å². The highest BCUT2D eigenvalue weighted by Crippen LogP contribution is 2.40. The summed E-state index contributed by atoms with van der Waals surface area (Å²) < 4.78 is 15.7. The molecule has 2 saturated heterocycles. The molecule has 2 aromatic carbocycles. The lowest BCUT2D eigenvalue weighted by atomic mass is 10.2. The van der Waals surface area contributed by atoms with Gasteiger partial charge in [-0.25, -0.2) is 19.6 Å². The maximum Gasteiger partial charge on any atom is 0.408 e. The first-order valence-corrected chi connectivity index (χ1v) is 22.3. The molecule has 4 aromatic rings. The number of thiophene rings is 2. The van der Waals surface area contributed by atoms with E-state index < -0.39 is 23.7 Å². The number of amides is 1. The number of carbonyl (C=O) groups excluding carboxylic acids is 2. The van der Waals surface area contributed by atoms with Gasteiger partial charge in [-0.2, -0.15) is 0 Å². The lowest BCUT2D eigenvalue weighted by Gasteiger charge is -2.36. The number of aryl methyl sites for hydroxylation is 2. The molecular formula is C45H66N10O5S2. The van der Waals surface area contributed by atoms with Crippen molar-refractivity contribution < 1.29 is 25.2 Å². The zero-order chi connectivity index (χ0) is 42.2. The minimum atomic E-state index is -0.918. The average Bonchev–Trinajstić information content (AvgIpc) is 3.69. The highest BCUT2D eigenvalue weighted by Gasteiger charge is 2.28. The summed E-state index contributed by atoms with van der Waals surface area (Å²) in [5.74, 6) is 1.56. The number of alkyl carbamates (subject to hydrolysis) is 1. The molecule has 1 amide bonds. The van der Waals surface area contributed by atoms with E-state index in [4.69, 9.17) is 24.2 Å². The minimum Gasteiger partial charge on any atom is -0.467 e. The van der Waals surface area contributed by atoms with Gasteiger partial charge < -0.3 is 51.4 Å². The molecule has 2 aromatic heterocycles. The molecule has 338 valence electrons. The number of nitrogens with zero attached hydrogens (tertiary/aromatic N) is 5. The van der Waals surface area contributed by atoms with E-state index in [2.05, 4.69) is 92.3 Å². The van der Waals surface area contributed by atoms with Crippen LogP contribution >= 0.6 is 22.7 Å². The summed E-state index contributed by atoms with van der Waals surface area (Å²) in [4.78, 5) is 43.9. The smallest absolute Gasteiger partial charge is 0.408 e. The molecule has 62 heavy (non-hydrogen) atoms. The third-order valence-electron chi connectivity index (χ3n) is 10.3. The normalized spacial score (nSPS) is 16.1. The second-order valence-electron chi connectivity index (χ2n) is 16.1. The van der Waals surface area contributed by atoms with Crippen LogP contribution in [0.4, 0.5) is 37.5 Å². The van der Waals surface area contributed by atoms with Crippen LogP contribution in [0.2, 0.25) is 0 Å². The Morgan fingerprint density at radius 2 is 1.34 bits per heavy atom. The maximum atomic E-state index is 12.1. The third kappa shape index (κ3) is 12.3. The quantitative estimate of drug-likeness (QED) is 0.0844. The van der Waals surface area contributed by atoms with Crippen molar-refractivity contribution in [2.75, 3.05) is 89.9 Å². The van der Waals surface area contributed by atoms with Crippen molar-refractivity contribution in [3.63, 3.8) is 0 Å². The Bertz CT molecular complexity index is 2190. The monoisotopic (exact) mass is 891 g/mol. The number of amidine groups is 2. The Kier molecular flexibility index (Phi) is 16.9. The van der Waals surface area contributed by atoms with Crippen molar-refractivity contribution in [1.82, 2.24) is 31.5 Å². The van der Waals surface area contributed by atoms with Crippen LogP contribution in [-0.4, -0.2) is 129 Å². The average molecular weight is 892 g/mol. The van der Waals surface area contributed by atoms with Crippen LogP contribution in [0.25, 0.3) is 0 Å². The van der Waals surface area contributed by atoms with Crippen molar-refractivity contribution >= 4 is 79.2 Å². The predicted octanol–water partition coefficient (Wildman–Crippen LogP) is 8.42. The number of esters is 1. The molecule has 0 spiro atoms. The number of fused-ring (bicyclic) bond motifs is 4. The van der Waals surface area contributed by atoms with Crippen LogP contribution in [-0.2, 0) is 19.0 Å². The summed E-state index contributed by atoms with van der Waals surface area (Å²) in [6, 6.07) is 20.0. The van der Waals surface area contributed by atoms with Crippen molar-refractivity contribution in [3.05, 3.63) is 81.5 Å². The number of hydrogen-bond donors (Lipinski definition) is 5. The molecule has 0 aliphatic carbocycles. The minimum absolute atomic E-state index is 0. The van der Waals surface area contributed by atoms with E-state index in [9.17, 15) is 9.59 Å². The van der Waals surface area contributed by atoms with Gasteiger partial charge in [-0.15, -0.1) is 22.7 Å². The molecule has 1 unspecified atom stereocenters. The Morgan fingerprint density at radius 3 is 1.85 bits per heavy atom. The molecule has 6 heterocycles. The number of anilines is 4. The second kappa shape index (κ2) is 21.8. The van der Waals surface area contributed by atoms with Gasteiger partial charge in [-0.1, -0.05) is 31.7 Å². The second-order valence-corrected chi connectivity index (χ2v) is 18.6. The first-order chi connectivity index (χ1) is 28.9. The lowest BCUT2D eigenvalue weighted by molar-refractivity contribution is -0.144. The summed E-state index contributed by atoms with van der Waals surface area (Å²) in [6.45, 7) is 18.6. The van der Waals surface area contributed by atoms with E-state index in [1.54, 1.807) is 43.4 Å². The number of nitrogens with one attached hydrogen (secondary N) is 4. The molecule has 4 aliphatic rings. The van der Waals surface area contributed by atoms with Crippen molar-refractivity contribution in [2.45, 2.75) is 60.1 Å². The summed E-state index contributed by atoms with van der Waals surface area (Å²) in [7, 11) is 1.28. The van der Waals surface area contributed by atoms with Gasteiger partial charge in [-0.3, -0.25) is 4.90 Å². The number of ether oxygens (including phenoxy) is 3. The zero-order valence-corrected chi connectivity index (χ0v) is 37.8. The van der Waals surface area contributed by atoms with Gasteiger partial charge in [0.15, 0.2) is 6.04 Å². The fraction of sp³-hybridized carbons (Fsp3) is 0.467. The molecule has 7 N–H and O–H groups in total. The zero-order valence-electron chi connectivity index (χ0n) is 36.1. The van der Waals surface area contributed by atoms with Crippen LogP contribution in [0, 0.1) is 13.8 Å². The van der Waals surface area contributed by atoms with Gasteiger partial charge in [0.2, 0.25) is 0 Å². The van der Waals surface area contributed by atoms with Crippen LogP contribution in [0.1, 0.15) is 56.9 Å². The first-order valence-electron chi connectivity index (χ1n) is 20.6. The van der Waals surface area contributed by atoms with Gasteiger partial charge in [0, 0.05) is 76.7 Å². The highest BCUT2D eigenvalue weighted by atomic mass is 32.1. The van der Waals surface area contributed by atoms with Crippen LogP contribution in [0.15, 0.2) is 70.6 Å². The van der Waals surface area contributed by atoms with Crippen LogP contribution in [0.3, 0.4) is 0 Å². The number of carbonyl (C=O) groups is 2. The molecule has 4 aliphatic heterocycles. The highest BCUT2D eigenvalue weighted by molar-refractivity contribution is 7.17. The summed E-state index contributed by atoms with van der Waals surface area (Å²) in [6.07, 6.45) is 0.133. The molecule has 0 saturated carbocycles. The van der Waals surface area contributed by atoms with Crippen LogP contribution < -0.4 is 27.4 Å². The van der Waals surface area contributed by atoms with E-state index >= 15 is 0 Å². The molecule has 15 nitrogen and oxygen atoms in total. The van der Waals surface area contributed by atoms with E-state index in [-0.39, 0.29) is 21.6 Å². The topological polar surface area (TPSA) is 179 Å². The maximum absolute atomic E-state index is 12.1. The lowest BCUT2D eigenvalue weighted by Crippen LogP contribution is -2.49. The van der Waals surface area contributed by atoms with Crippen molar-refractivity contribution in [2.24, 2.45) is 9.98 Å². The number of hydrogen-bond acceptors (Lipinski definition) is 16. The van der Waals surface area contributed by atoms with Crippen molar-refractivity contribution in [3.8, 4) is 0 Å². The summed E-state index contributed by atoms with van der Waals surface area (Å²) in [5.41, 5.74) is 5.83. The number of rotatable bonds is 8. The van der Waals surface area contributed by atoms with E-state index in [0.717, 1.165) is 110 Å². The summed E-state index contributed by atoms with van der Waals surface area (Å²) in [5, 5.41) is 15.4. The largest absolute Gasteiger partial charge is 0.467 e. The van der Waals surface area contributed by atoms with Gasteiger partial charge in [0.1, 0.15) is 27.3 Å². The Hall–Kier alpha value is -5.04. The Labute approximate surface area is 376 Å². The van der Waals surface area contributed by atoms with Gasteiger partial charge >= 0.3 is 12.1 Å². The van der Waals surface area contributed by atoms with Gasteiger partial charge in [-0.05, 0) is 77.4 Å². The Balaban J connectivity index is 0.000000306. The predicted molar refractivity (Wildman–Crippen MR) is 257 cm³/mol. The molecule has 8 rings (SSSR count). The number of para-hydroxylation sites is 4. The number of benzene rings is 2.